The van der Waals surface area contributed by atoms with Crippen molar-refractivity contribution in [3.8, 4) is 0 Å². The first-order chi connectivity index (χ1) is 9.00. The summed E-state index contributed by atoms with van der Waals surface area (Å²) in [7, 11) is -1.29. The molecular formula is C14H26N2O3S. The molecule has 1 aliphatic rings. The van der Waals surface area contributed by atoms with Crippen LogP contribution in [0.1, 0.15) is 54.4 Å². The van der Waals surface area contributed by atoms with Crippen LogP contribution < -0.4 is 0 Å². The highest BCUT2D eigenvalue weighted by atomic mass is 32.2. The first-order valence-electron chi connectivity index (χ1n) is 6.96. The number of carbonyl (C=O) groups is 1. The average Bonchev–Trinajstić information content (AvgIpc) is 2.70. The highest BCUT2D eigenvalue weighted by molar-refractivity contribution is 7.85. The third-order valence-corrected chi connectivity index (χ3v) is 4.14. The van der Waals surface area contributed by atoms with Crippen molar-refractivity contribution in [1.82, 2.24) is 4.90 Å². The molecule has 0 aromatic carbocycles. The molecule has 1 fully saturated rings. The molecule has 1 saturated heterocycles. The molecule has 0 aliphatic carbocycles. The summed E-state index contributed by atoms with van der Waals surface area (Å²) in [4.78, 5) is 13.7. The van der Waals surface area contributed by atoms with E-state index in [9.17, 15) is 9.00 Å². The van der Waals surface area contributed by atoms with Crippen LogP contribution in [0.25, 0.3) is 0 Å². The van der Waals surface area contributed by atoms with E-state index in [-0.39, 0.29) is 16.9 Å². The van der Waals surface area contributed by atoms with Crippen molar-refractivity contribution in [2.45, 2.75) is 70.8 Å². The van der Waals surface area contributed by atoms with Gasteiger partial charge >= 0.3 is 6.09 Å². The summed E-state index contributed by atoms with van der Waals surface area (Å²) in [5.74, 6) is 0. The molecule has 0 aromatic heterocycles. The molecule has 2 atom stereocenters. The summed E-state index contributed by atoms with van der Waals surface area (Å²) in [6.07, 6.45) is 3.06. The van der Waals surface area contributed by atoms with Gasteiger partial charge in [0.2, 0.25) is 0 Å². The van der Waals surface area contributed by atoms with Gasteiger partial charge in [0.25, 0.3) is 0 Å². The third kappa shape index (κ3) is 5.23. The van der Waals surface area contributed by atoms with Crippen molar-refractivity contribution < 1.29 is 13.7 Å². The minimum atomic E-state index is -1.29. The van der Waals surface area contributed by atoms with Gasteiger partial charge in [-0.1, -0.05) is 0 Å². The van der Waals surface area contributed by atoms with E-state index >= 15 is 0 Å². The van der Waals surface area contributed by atoms with E-state index in [0.717, 1.165) is 12.8 Å². The number of amides is 1. The Labute approximate surface area is 124 Å². The number of likely N-dealkylation sites (tertiary alicyclic amines) is 1. The van der Waals surface area contributed by atoms with Crippen LogP contribution in [-0.4, -0.2) is 44.4 Å². The van der Waals surface area contributed by atoms with E-state index in [1.54, 1.807) is 11.1 Å². The van der Waals surface area contributed by atoms with Crippen molar-refractivity contribution in [1.29, 1.82) is 0 Å². The predicted octanol–water partition coefficient (Wildman–Crippen LogP) is 2.92. The van der Waals surface area contributed by atoms with Crippen LogP contribution in [0.5, 0.6) is 0 Å². The first-order valence-corrected chi connectivity index (χ1v) is 8.07. The van der Waals surface area contributed by atoms with Crippen molar-refractivity contribution in [3.63, 3.8) is 0 Å². The van der Waals surface area contributed by atoms with Crippen molar-refractivity contribution in [2.24, 2.45) is 4.40 Å². The molecule has 1 rings (SSSR count). The zero-order valence-corrected chi connectivity index (χ0v) is 14.1. The summed E-state index contributed by atoms with van der Waals surface area (Å²) < 4.78 is 21.0. The molecule has 0 N–H and O–H groups in total. The van der Waals surface area contributed by atoms with Gasteiger partial charge in [0.15, 0.2) is 0 Å². The molecule has 0 radical (unpaired) electrons. The molecule has 0 unspecified atom stereocenters. The van der Waals surface area contributed by atoms with Crippen LogP contribution in [0, 0.1) is 0 Å². The van der Waals surface area contributed by atoms with Gasteiger partial charge in [-0.25, -0.2) is 9.00 Å². The van der Waals surface area contributed by atoms with Gasteiger partial charge in [0.1, 0.15) is 16.6 Å². The molecule has 6 heteroatoms. The van der Waals surface area contributed by atoms with E-state index in [2.05, 4.69) is 4.40 Å². The molecule has 5 nitrogen and oxygen atoms in total. The zero-order chi connectivity index (χ0) is 15.6. The zero-order valence-electron chi connectivity index (χ0n) is 13.3. The molecule has 0 spiro atoms. The molecule has 1 amide bonds. The molecule has 0 aromatic rings. The van der Waals surface area contributed by atoms with Crippen LogP contribution in [0.4, 0.5) is 4.79 Å². The molecule has 0 bridgehead atoms. The van der Waals surface area contributed by atoms with Gasteiger partial charge in [0, 0.05) is 12.8 Å². The van der Waals surface area contributed by atoms with Crippen LogP contribution >= 0.6 is 0 Å². The van der Waals surface area contributed by atoms with Gasteiger partial charge in [0.05, 0.1) is 10.8 Å². The maximum absolute atomic E-state index is 12.1. The molecule has 0 saturated carbocycles. The van der Waals surface area contributed by atoms with E-state index in [1.165, 1.54) is 0 Å². The van der Waals surface area contributed by atoms with Gasteiger partial charge in [-0.2, -0.15) is 4.40 Å². The van der Waals surface area contributed by atoms with Gasteiger partial charge in [-0.3, -0.25) is 0 Å². The molecule has 20 heavy (non-hydrogen) atoms. The van der Waals surface area contributed by atoms with Gasteiger partial charge < -0.3 is 9.64 Å². The lowest BCUT2D eigenvalue weighted by molar-refractivity contribution is 0.0268. The van der Waals surface area contributed by atoms with Gasteiger partial charge in [-0.05, 0) is 54.4 Å². The second-order valence-corrected chi connectivity index (χ2v) is 8.93. The Balaban J connectivity index is 2.69. The lowest BCUT2D eigenvalue weighted by Crippen LogP contribution is -2.40. The quantitative estimate of drug-likeness (QED) is 0.737. The number of hydrogen-bond donors (Lipinski definition) is 0. The van der Waals surface area contributed by atoms with E-state index in [0.29, 0.717) is 6.54 Å². The standard InChI is InChI=1S/C14H26N2O3S/c1-13(2,3)19-12(17)16-9-7-8-11(16)10-15-20(18)14(4,5)6/h10-11H,7-9H2,1-6H3/b15-10+/t11-,20+/m1/s1. The summed E-state index contributed by atoms with van der Waals surface area (Å²) in [5.41, 5.74) is -0.504. The number of ether oxygens (including phenoxy) is 1. The third-order valence-electron chi connectivity index (χ3n) is 2.78. The van der Waals surface area contributed by atoms with E-state index in [1.807, 2.05) is 41.5 Å². The lowest BCUT2D eigenvalue weighted by Gasteiger charge is -2.27. The van der Waals surface area contributed by atoms with E-state index < -0.39 is 16.6 Å². The van der Waals surface area contributed by atoms with Gasteiger partial charge in [-0.15, -0.1) is 0 Å². The van der Waals surface area contributed by atoms with Crippen LogP contribution in [0.15, 0.2) is 4.40 Å². The SMILES string of the molecule is CC(C)(C)OC(=O)N1CCC[C@@H]1/C=N/[S@@](=O)C(C)(C)C. The smallest absolute Gasteiger partial charge is 0.410 e. The summed E-state index contributed by atoms with van der Waals surface area (Å²) in [6.45, 7) is 11.8. The molecule has 1 aliphatic heterocycles. The summed E-state index contributed by atoms with van der Waals surface area (Å²) in [5, 5.41) is 0. The Kier molecular flexibility index (Phi) is 5.35. The van der Waals surface area contributed by atoms with Crippen molar-refractivity contribution in [2.75, 3.05) is 6.54 Å². The number of hydrogen-bond acceptors (Lipinski definition) is 3. The Morgan fingerprint density at radius 2 is 1.90 bits per heavy atom. The highest BCUT2D eigenvalue weighted by Gasteiger charge is 2.31. The van der Waals surface area contributed by atoms with Crippen molar-refractivity contribution in [3.05, 3.63) is 0 Å². The summed E-state index contributed by atoms with van der Waals surface area (Å²) >= 11 is 0. The van der Waals surface area contributed by atoms with Crippen LogP contribution in [-0.2, 0) is 15.7 Å². The second kappa shape index (κ2) is 6.24. The maximum Gasteiger partial charge on any atom is 0.410 e. The number of nitrogens with zero attached hydrogens (tertiary/aromatic N) is 2. The monoisotopic (exact) mass is 302 g/mol. The van der Waals surface area contributed by atoms with Crippen LogP contribution in [0.2, 0.25) is 0 Å². The normalized spacial score (nSPS) is 22.3. The Bertz CT molecular complexity index is 408. The van der Waals surface area contributed by atoms with E-state index in [4.69, 9.17) is 4.74 Å². The summed E-state index contributed by atoms with van der Waals surface area (Å²) in [6, 6.07) is -0.115. The lowest BCUT2D eigenvalue weighted by atomic mass is 10.2. The Morgan fingerprint density at radius 1 is 1.30 bits per heavy atom. The highest BCUT2D eigenvalue weighted by Crippen LogP contribution is 2.20. The topological polar surface area (TPSA) is 59.0 Å². The fourth-order valence-electron chi connectivity index (χ4n) is 1.78. The predicted molar refractivity (Wildman–Crippen MR) is 82.3 cm³/mol. The fraction of sp³-hybridized carbons (Fsp3) is 0.857. The fourth-order valence-corrected chi connectivity index (χ4v) is 2.35. The molecule has 1 heterocycles. The Hall–Kier alpha value is -0.910. The maximum atomic E-state index is 12.1. The van der Waals surface area contributed by atoms with Crippen molar-refractivity contribution >= 4 is 23.3 Å². The number of carbonyl (C=O) groups excluding carboxylic acids is 1. The molecule has 116 valence electrons. The van der Waals surface area contributed by atoms with Crippen LogP contribution in [0.3, 0.4) is 0 Å². The first kappa shape index (κ1) is 17.1. The average molecular weight is 302 g/mol. The minimum absolute atomic E-state index is 0.115. The number of rotatable bonds is 2. The largest absolute Gasteiger partial charge is 0.444 e. The minimum Gasteiger partial charge on any atom is -0.444 e. The Morgan fingerprint density at radius 3 is 2.40 bits per heavy atom. The second-order valence-electron chi connectivity index (χ2n) is 7.00. The molecular weight excluding hydrogens is 276 g/mol.